The first-order chi connectivity index (χ1) is 8.72. The van der Waals surface area contributed by atoms with Crippen molar-refractivity contribution in [2.45, 2.75) is 13.0 Å². The Bertz CT molecular complexity index is 607. The zero-order valence-corrected chi connectivity index (χ0v) is 11.3. The summed E-state index contributed by atoms with van der Waals surface area (Å²) in [6.45, 7) is 1.94. The van der Waals surface area contributed by atoms with E-state index in [1.54, 1.807) is 23.0 Å². The fourth-order valence-electron chi connectivity index (χ4n) is 2.15. The fourth-order valence-corrected chi connectivity index (χ4v) is 2.45. The molecule has 0 spiro atoms. The van der Waals surface area contributed by atoms with Gasteiger partial charge in [0.05, 0.1) is 17.2 Å². The number of hydrogen-bond donors (Lipinski definition) is 0. The lowest BCUT2D eigenvalue weighted by atomic mass is 10.2. The molecule has 0 radical (unpaired) electrons. The molecule has 0 atom stereocenters. The van der Waals surface area contributed by atoms with Crippen LogP contribution < -0.4 is 0 Å². The van der Waals surface area contributed by atoms with Crippen molar-refractivity contribution in [1.82, 2.24) is 19.5 Å². The molecule has 0 saturated carbocycles. The van der Waals surface area contributed by atoms with E-state index in [1.807, 2.05) is 6.20 Å². The molecule has 0 N–H and O–H groups in total. The highest BCUT2D eigenvalue weighted by Crippen LogP contribution is 2.17. The molecule has 94 valence electrons. The van der Waals surface area contributed by atoms with E-state index in [9.17, 15) is 4.39 Å². The maximum absolute atomic E-state index is 13.2. The van der Waals surface area contributed by atoms with Crippen LogP contribution >= 0.6 is 15.9 Å². The van der Waals surface area contributed by atoms with Gasteiger partial charge in [-0.1, -0.05) is 6.08 Å². The van der Waals surface area contributed by atoms with Gasteiger partial charge in [0, 0.05) is 31.0 Å². The molecule has 1 aliphatic heterocycles. The first-order valence-electron chi connectivity index (χ1n) is 5.77. The number of fused-ring (bicyclic) bond motifs is 1. The Hall–Kier alpha value is -1.27. The largest absolute Gasteiger partial charge is 0.292 e. The normalized spacial score (nSPS) is 17.1. The average Bonchev–Trinajstić information content (AvgIpc) is 2.72. The van der Waals surface area contributed by atoms with Crippen molar-refractivity contribution in [3.63, 3.8) is 0 Å². The Morgan fingerprint density at radius 3 is 3.11 bits per heavy atom. The predicted octanol–water partition coefficient (Wildman–Crippen LogP) is 2.55. The van der Waals surface area contributed by atoms with E-state index in [0.29, 0.717) is 13.1 Å². The second-order valence-electron chi connectivity index (χ2n) is 4.36. The van der Waals surface area contributed by atoms with Crippen molar-refractivity contribution in [3.05, 3.63) is 40.5 Å². The van der Waals surface area contributed by atoms with Gasteiger partial charge < -0.3 is 0 Å². The molecule has 2 aromatic rings. The van der Waals surface area contributed by atoms with Crippen molar-refractivity contribution in [1.29, 1.82) is 0 Å². The third-order valence-corrected chi connectivity index (χ3v) is 3.39. The molecular formula is C12H12BrFN4. The standard InChI is InChI=1S/C12H12BrFN4/c13-10-5-15-12-9(4-16-18(12)7-10)6-17-3-1-2-11(14)8-17/h2,4-5,7H,1,3,6,8H2. The highest BCUT2D eigenvalue weighted by atomic mass is 79.9. The van der Waals surface area contributed by atoms with Crippen molar-refractivity contribution in [3.8, 4) is 0 Å². The number of aromatic nitrogens is 3. The molecule has 3 heterocycles. The molecule has 0 fully saturated rings. The summed E-state index contributed by atoms with van der Waals surface area (Å²) in [6, 6.07) is 0. The van der Waals surface area contributed by atoms with Crippen LogP contribution in [0.1, 0.15) is 12.0 Å². The third kappa shape index (κ3) is 2.30. The number of nitrogens with zero attached hydrogens (tertiary/aromatic N) is 4. The van der Waals surface area contributed by atoms with Gasteiger partial charge in [-0.05, 0) is 22.4 Å². The minimum atomic E-state index is -0.0478. The van der Waals surface area contributed by atoms with Gasteiger partial charge in [0.1, 0.15) is 5.83 Å². The Labute approximate surface area is 112 Å². The zero-order chi connectivity index (χ0) is 12.5. The predicted molar refractivity (Wildman–Crippen MR) is 69.8 cm³/mol. The van der Waals surface area contributed by atoms with E-state index in [1.165, 1.54) is 0 Å². The molecule has 3 rings (SSSR count). The SMILES string of the molecule is FC1=CCCN(Cc2cnn3cc(Br)cnc23)C1. The average molecular weight is 311 g/mol. The summed E-state index contributed by atoms with van der Waals surface area (Å²) >= 11 is 3.36. The van der Waals surface area contributed by atoms with Gasteiger partial charge in [-0.2, -0.15) is 5.10 Å². The first kappa shape index (κ1) is 11.8. The lowest BCUT2D eigenvalue weighted by molar-refractivity contribution is 0.260. The summed E-state index contributed by atoms with van der Waals surface area (Å²) in [6.07, 6.45) is 7.83. The topological polar surface area (TPSA) is 33.4 Å². The number of hydrogen-bond acceptors (Lipinski definition) is 3. The van der Waals surface area contributed by atoms with Crippen LogP contribution in [0, 0.1) is 0 Å². The quantitative estimate of drug-likeness (QED) is 0.855. The number of rotatable bonds is 2. The van der Waals surface area contributed by atoms with Crippen LogP contribution in [-0.4, -0.2) is 32.6 Å². The van der Waals surface area contributed by atoms with Gasteiger partial charge in [-0.15, -0.1) is 0 Å². The van der Waals surface area contributed by atoms with Crippen LogP contribution in [-0.2, 0) is 6.54 Å². The van der Waals surface area contributed by atoms with Crippen molar-refractivity contribution < 1.29 is 4.39 Å². The summed E-state index contributed by atoms with van der Waals surface area (Å²) < 4.78 is 15.8. The molecule has 4 nitrogen and oxygen atoms in total. The van der Waals surface area contributed by atoms with Gasteiger partial charge >= 0.3 is 0 Å². The molecule has 0 unspecified atom stereocenters. The Balaban J connectivity index is 1.85. The second-order valence-corrected chi connectivity index (χ2v) is 5.28. The maximum atomic E-state index is 13.2. The van der Waals surface area contributed by atoms with Crippen LogP contribution in [0.15, 0.2) is 35.0 Å². The smallest absolute Gasteiger partial charge is 0.159 e. The van der Waals surface area contributed by atoms with Gasteiger partial charge in [0.25, 0.3) is 0 Å². The third-order valence-electron chi connectivity index (χ3n) is 2.98. The van der Waals surface area contributed by atoms with Gasteiger partial charge in [0.2, 0.25) is 0 Å². The Kier molecular flexibility index (Phi) is 3.13. The van der Waals surface area contributed by atoms with Crippen LogP contribution in [0.5, 0.6) is 0 Å². The summed E-state index contributed by atoms with van der Waals surface area (Å²) in [5.74, 6) is -0.0478. The highest BCUT2D eigenvalue weighted by molar-refractivity contribution is 9.10. The minimum absolute atomic E-state index is 0.0478. The number of halogens is 2. The first-order valence-corrected chi connectivity index (χ1v) is 6.56. The zero-order valence-electron chi connectivity index (χ0n) is 9.68. The minimum Gasteiger partial charge on any atom is -0.292 e. The molecule has 0 saturated heterocycles. The molecule has 6 heteroatoms. The lowest BCUT2D eigenvalue weighted by Crippen LogP contribution is -2.28. The molecule has 2 aromatic heterocycles. The van der Waals surface area contributed by atoms with E-state index < -0.39 is 0 Å². The second kappa shape index (κ2) is 4.78. The van der Waals surface area contributed by atoms with Crippen molar-refractivity contribution >= 4 is 21.6 Å². The van der Waals surface area contributed by atoms with Crippen LogP contribution in [0.4, 0.5) is 4.39 Å². The summed E-state index contributed by atoms with van der Waals surface area (Å²) in [4.78, 5) is 6.41. The molecule has 1 aliphatic rings. The van der Waals surface area contributed by atoms with E-state index in [2.05, 4.69) is 30.9 Å². The lowest BCUT2D eigenvalue weighted by Gasteiger charge is -2.23. The van der Waals surface area contributed by atoms with Gasteiger partial charge in [0.15, 0.2) is 5.65 Å². The van der Waals surface area contributed by atoms with Crippen molar-refractivity contribution in [2.24, 2.45) is 0 Å². The summed E-state index contributed by atoms with van der Waals surface area (Å²) in [5.41, 5.74) is 1.85. The van der Waals surface area contributed by atoms with E-state index in [4.69, 9.17) is 0 Å². The van der Waals surface area contributed by atoms with E-state index >= 15 is 0 Å². The molecular weight excluding hydrogens is 299 g/mol. The van der Waals surface area contributed by atoms with E-state index in [0.717, 1.165) is 28.6 Å². The molecule has 0 aliphatic carbocycles. The van der Waals surface area contributed by atoms with E-state index in [-0.39, 0.29) is 5.83 Å². The summed E-state index contributed by atoms with van der Waals surface area (Å²) in [5, 5.41) is 4.25. The highest BCUT2D eigenvalue weighted by Gasteiger charge is 2.15. The van der Waals surface area contributed by atoms with Gasteiger partial charge in [-0.25, -0.2) is 13.9 Å². The van der Waals surface area contributed by atoms with Crippen LogP contribution in [0.25, 0.3) is 5.65 Å². The van der Waals surface area contributed by atoms with Gasteiger partial charge in [-0.3, -0.25) is 4.90 Å². The summed E-state index contributed by atoms with van der Waals surface area (Å²) in [7, 11) is 0. The molecule has 0 amide bonds. The fraction of sp³-hybridized carbons (Fsp3) is 0.333. The van der Waals surface area contributed by atoms with Crippen LogP contribution in [0.2, 0.25) is 0 Å². The molecule has 0 aromatic carbocycles. The molecule has 0 bridgehead atoms. The molecule has 18 heavy (non-hydrogen) atoms. The van der Waals surface area contributed by atoms with Crippen molar-refractivity contribution in [2.75, 3.05) is 13.1 Å². The Morgan fingerprint density at radius 2 is 2.28 bits per heavy atom. The monoisotopic (exact) mass is 310 g/mol. The maximum Gasteiger partial charge on any atom is 0.159 e. The van der Waals surface area contributed by atoms with Crippen LogP contribution in [0.3, 0.4) is 0 Å². The Morgan fingerprint density at radius 1 is 1.39 bits per heavy atom.